The van der Waals surface area contributed by atoms with Gasteiger partial charge < -0.3 is 19.8 Å². The molecule has 2 aliphatic carbocycles. The summed E-state index contributed by atoms with van der Waals surface area (Å²) in [6.45, 7) is 1.69. The van der Waals surface area contributed by atoms with Gasteiger partial charge in [0.05, 0.1) is 40.3 Å². The van der Waals surface area contributed by atoms with Crippen LogP contribution in [0.2, 0.25) is 0 Å². The average Bonchev–Trinajstić information content (AvgIpc) is 3.86. The van der Waals surface area contributed by atoms with Crippen molar-refractivity contribution in [1.82, 2.24) is 4.98 Å². The summed E-state index contributed by atoms with van der Waals surface area (Å²) in [4.78, 5) is 69.4. The topological polar surface area (TPSA) is 135 Å². The van der Waals surface area contributed by atoms with E-state index >= 15 is 0 Å². The molecule has 0 unspecified atom stereocenters. The smallest absolute Gasteiger partial charge is 0.416 e. The Labute approximate surface area is 302 Å². The highest BCUT2D eigenvalue weighted by atomic mass is 32.2. The molecule has 2 N–H and O–H groups in total. The number of hydrogen-bond acceptors (Lipinski definition) is 9. The molecule has 3 amide bonds. The van der Waals surface area contributed by atoms with Crippen molar-refractivity contribution >= 4 is 58.2 Å². The van der Waals surface area contributed by atoms with E-state index in [2.05, 4.69) is 10.3 Å². The van der Waals surface area contributed by atoms with E-state index in [4.69, 9.17) is 9.47 Å². The van der Waals surface area contributed by atoms with E-state index in [0.29, 0.717) is 23.4 Å². The van der Waals surface area contributed by atoms with Crippen molar-refractivity contribution in [3.63, 3.8) is 0 Å². The van der Waals surface area contributed by atoms with Crippen molar-refractivity contribution in [3.05, 3.63) is 104 Å². The number of thiazole rings is 1. The normalized spacial score (nSPS) is 25.8. The zero-order chi connectivity index (χ0) is 36.5. The quantitative estimate of drug-likeness (QED) is 0.158. The maximum Gasteiger partial charge on any atom is 0.416 e. The third-order valence-corrected chi connectivity index (χ3v) is 13.0. The van der Waals surface area contributed by atoms with Crippen LogP contribution in [0.1, 0.15) is 45.6 Å². The lowest BCUT2D eigenvalue weighted by molar-refractivity contribution is -0.137. The van der Waals surface area contributed by atoms with Gasteiger partial charge in [0.1, 0.15) is 5.75 Å². The number of nitrogens with zero attached hydrogens (tertiary/aromatic N) is 1. The van der Waals surface area contributed by atoms with Crippen molar-refractivity contribution in [3.8, 4) is 5.75 Å². The van der Waals surface area contributed by atoms with Gasteiger partial charge in [-0.25, -0.2) is 4.79 Å². The highest BCUT2D eigenvalue weighted by Crippen LogP contribution is 2.68. The number of carbonyl (C=O) groups is 4. The van der Waals surface area contributed by atoms with Crippen LogP contribution >= 0.6 is 23.1 Å². The van der Waals surface area contributed by atoms with Crippen LogP contribution in [0, 0.1) is 29.6 Å². The van der Waals surface area contributed by atoms with E-state index in [1.54, 1.807) is 43.3 Å². The summed E-state index contributed by atoms with van der Waals surface area (Å²) < 4.78 is 51.3. The van der Waals surface area contributed by atoms with E-state index in [-0.39, 0.29) is 52.7 Å². The number of H-pyrrole nitrogens is 1. The van der Waals surface area contributed by atoms with Gasteiger partial charge in [-0.3, -0.25) is 24.1 Å². The van der Waals surface area contributed by atoms with Crippen LogP contribution in [0.3, 0.4) is 0 Å². The number of fused-ring (bicyclic) bond motifs is 9. The average molecular weight is 750 g/mol. The lowest BCUT2D eigenvalue weighted by atomic mass is 9.68. The zero-order valence-electron chi connectivity index (χ0n) is 27.3. The molecule has 8 rings (SSSR count). The molecule has 2 bridgehead atoms. The predicted molar refractivity (Wildman–Crippen MR) is 185 cm³/mol. The summed E-state index contributed by atoms with van der Waals surface area (Å²) in [5.41, 5.74) is 0.713. The number of benzene rings is 3. The van der Waals surface area contributed by atoms with Gasteiger partial charge in [-0.05, 0) is 91.3 Å². The van der Waals surface area contributed by atoms with Gasteiger partial charge in [0.2, 0.25) is 11.8 Å². The fourth-order valence-electron chi connectivity index (χ4n) is 8.49. The molecule has 3 fully saturated rings. The molecular formula is C37H30F3N3O7S2. The van der Waals surface area contributed by atoms with E-state index in [9.17, 15) is 37.1 Å². The van der Waals surface area contributed by atoms with E-state index < -0.39 is 47.3 Å². The molecule has 0 radical (unpaired) electrons. The summed E-state index contributed by atoms with van der Waals surface area (Å²) in [5, 5.41) is 3.35. The van der Waals surface area contributed by atoms with Crippen molar-refractivity contribution in [2.45, 2.75) is 35.7 Å². The van der Waals surface area contributed by atoms with Crippen molar-refractivity contribution in [2.75, 3.05) is 23.4 Å². The molecule has 7 atom stereocenters. The number of thioether (sulfide) groups is 1. The van der Waals surface area contributed by atoms with Gasteiger partial charge in [-0.2, -0.15) is 13.2 Å². The standard InChI is InChI=1S/C37H30F3N3O7S2/c1-2-49-35(47)18-6-10-20(11-7-18)41-25(44)16-50-22-12-8-17(9-13-22)26-27-23-15-24(30(27)51-32-31(26)52-36(48)42-32)29-28(23)33(45)43(34(29)46)21-5-3-4-19(14-21)37(38,39)40/h3-14,23-24,26-30H,2,15-16H2,1H3,(H,41,44)(H,42,48)/t23-,24-,26+,27-,28+,29+,30-/m1/s1. The van der Waals surface area contributed by atoms with Crippen molar-refractivity contribution < 1.29 is 41.8 Å². The number of aromatic nitrogens is 1. The number of imide groups is 1. The molecule has 15 heteroatoms. The summed E-state index contributed by atoms with van der Waals surface area (Å²) >= 11 is 2.63. The number of rotatable bonds is 8. The maximum absolute atomic E-state index is 14.0. The molecule has 3 heterocycles. The van der Waals surface area contributed by atoms with Gasteiger partial charge >= 0.3 is 17.0 Å². The molecule has 2 saturated carbocycles. The second-order valence-corrected chi connectivity index (χ2v) is 15.4. The third kappa shape index (κ3) is 5.79. The first-order valence-electron chi connectivity index (χ1n) is 16.7. The molecule has 4 aromatic rings. The number of ether oxygens (including phenoxy) is 2. The number of hydrogen-bond donors (Lipinski definition) is 2. The van der Waals surface area contributed by atoms with Crippen LogP contribution in [0.5, 0.6) is 5.75 Å². The lowest BCUT2D eigenvalue weighted by Gasteiger charge is -2.43. The number of amides is 3. The molecule has 0 spiro atoms. The minimum atomic E-state index is -4.63. The number of anilines is 2. The highest BCUT2D eigenvalue weighted by molar-refractivity contribution is 8.00. The molecule has 268 valence electrons. The fourth-order valence-corrected chi connectivity index (χ4v) is 11.4. The summed E-state index contributed by atoms with van der Waals surface area (Å²) in [7, 11) is 0. The fraction of sp³-hybridized carbons (Fsp3) is 0.324. The van der Waals surface area contributed by atoms with Crippen LogP contribution in [-0.2, 0) is 25.3 Å². The molecule has 52 heavy (non-hydrogen) atoms. The highest BCUT2D eigenvalue weighted by Gasteiger charge is 2.69. The van der Waals surface area contributed by atoms with Gasteiger partial charge in [0, 0.05) is 21.7 Å². The second-order valence-electron chi connectivity index (χ2n) is 13.2. The number of halogens is 3. The SMILES string of the molecule is CCOC(=O)c1ccc(NC(=O)COc2ccc([C@@H]3c4sc(=O)[nH]c4S[C@@H]4[C@@H]5C[C@@H]([C@@H]6C(=O)N(c7cccc(C(F)(F)F)c7)C(=O)[C@@H]56)[C@H]34)cc2)cc1. The number of alkyl halides is 3. The zero-order valence-corrected chi connectivity index (χ0v) is 29.0. The van der Waals surface area contributed by atoms with Gasteiger partial charge in [0.15, 0.2) is 6.61 Å². The Morgan fingerprint density at radius 2 is 1.67 bits per heavy atom. The Morgan fingerprint density at radius 1 is 0.962 bits per heavy atom. The molecule has 1 saturated heterocycles. The maximum atomic E-state index is 14.0. The Kier molecular flexibility index (Phi) is 8.52. The van der Waals surface area contributed by atoms with Crippen LogP contribution in [0.4, 0.5) is 24.5 Å². The van der Waals surface area contributed by atoms with Crippen LogP contribution in [0.25, 0.3) is 0 Å². The Bertz CT molecular complexity index is 2150. The third-order valence-electron chi connectivity index (χ3n) is 10.4. The second kappa shape index (κ2) is 13.0. The van der Waals surface area contributed by atoms with Crippen LogP contribution in [0.15, 0.2) is 82.6 Å². The first-order chi connectivity index (χ1) is 24.9. The summed E-state index contributed by atoms with van der Waals surface area (Å²) in [6.07, 6.45) is -4.00. The molecule has 4 aliphatic rings. The Morgan fingerprint density at radius 3 is 2.37 bits per heavy atom. The monoisotopic (exact) mass is 749 g/mol. The van der Waals surface area contributed by atoms with Crippen molar-refractivity contribution in [1.29, 1.82) is 0 Å². The minimum absolute atomic E-state index is 0.0783. The molecule has 3 aromatic carbocycles. The van der Waals surface area contributed by atoms with Gasteiger partial charge in [0.25, 0.3) is 5.91 Å². The number of nitrogens with one attached hydrogen (secondary N) is 2. The van der Waals surface area contributed by atoms with E-state index in [0.717, 1.165) is 43.8 Å². The molecule has 10 nitrogen and oxygen atoms in total. The molecule has 2 aliphatic heterocycles. The van der Waals surface area contributed by atoms with Gasteiger partial charge in [-0.1, -0.05) is 29.5 Å². The number of carbonyl (C=O) groups excluding carboxylic acids is 4. The molecule has 1 aromatic heterocycles. The first-order valence-corrected chi connectivity index (χ1v) is 18.4. The Hall–Kier alpha value is -4.89. The summed E-state index contributed by atoms with van der Waals surface area (Å²) in [5.74, 6) is -3.50. The largest absolute Gasteiger partial charge is 0.484 e. The predicted octanol–water partition coefficient (Wildman–Crippen LogP) is 6.33. The number of aromatic amines is 1. The van der Waals surface area contributed by atoms with Crippen LogP contribution < -0.4 is 19.8 Å². The minimum Gasteiger partial charge on any atom is -0.484 e. The van der Waals surface area contributed by atoms with Crippen molar-refractivity contribution in [2.24, 2.45) is 29.6 Å². The molecular weight excluding hydrogens is 720 g/mol. The lowest BCUT2D eigenvalue weighted by Crippen LogP contribution is -2.42. The first kappa shape index (κ1) is 34.2. The number of esters is 1. The van der Waals surface area contributed by atoms with E-state index in [1.807, 2.05) is 12.1 Å². The van der Waals surface area contributed by atoms with E-state index in [1.165, 1.54) is 23.9 Å². The Balaban J connectivity index is 1.00. The van der Waals surface area contributed by atoms with Gasteiger partial charge in [-0.15, -0.1) is 11.8 Å². The summed E-state index contributed by atoms with van der Waals surface area (Å²) in [6, 6.07) is 17.8. The van der Waals surface area contributed by atoms with Crippen LogP contribution in [-0.4, -0.2) is 47.1 Å².